The van der Waals surface area contributed by atoms with Crippen LogP contribution in [-0.4, -0.2) is 27.7 Å². The van der Waals surface area contributed by atoms with Gasteiger partial charge in [0.15, 0.2) is 0 Å². The second-order valence-corrected chi connectivity index (χ2v) is 4.28. The van der Waals surface area contributed by atoms with Gasteiger partial charge in [-0.05, 0) is 5.92 Å². The topological polar surface area (TPSA) is 96.1 Å². The second-order valence-electron chi connectivity index (χ2n) is 4.28. The minimum atomic E-state index is -4.67. The molecule has 0 aliphatic heterocycles. The van der Waals surface area contributed by atoms with Crippen molar-refractivity contribution in [2.45, 2.75) is 26.1 Å². The van der Waals surface area contributed by atoms with E-state index in [9.17, 15) is 13.2 Å². The molecule has 9 heteroatoms. The minimum absolute atomic E-state index is 0.0172. The Morgan fingerprint density at radius 2 is 1.89 bits per heavy atom. The van der Waals surface area contributed by atoms with E-state index in [0.717, 1.165) is 0 Å². The minimum Gasteiger partial charge on any atom is -0.394 e. The summed E-state index contributed by atoms with van der Waals surface area (Å²) in [7, 11) is 0. The smallest absolute Gasteiger partial charge is 0.394 e. The van der Waals surface area contributed by atoms with Crippen molar-refractivity contribution >= 4 is 11.6 Å². The molecule has 5 N–H and O–H groups in total. The number of alkyl halides is 3. The number of nitrogens with one attached hydrogen (secondary N) is 2. The van der Waals surface area contributed by atoms with E-state index in [-0.39, 0.29) is 24.2 Å². The van der Waals surface area contributed by atoms with Crippen LogP contribution in [0.3, 0.4) is 0 Å². The fourth-order valence-electron chi connectivity index (χ4n) is 1.33. The number of aliphatic hydroxyl groups is 1. The zero-order chi connectivity index (χ0) is 14.6. The normalized spacial score (nSPS) is 13.5. The summed E-state index contributed by atoms with van der Waals surface area (Å²) in [4.78, 5) is 6.60. The molecular weight excluding hydrogens is 263 g/mol. The number of hydrogen-bond donors (Lipinski definition) is 4. The molecule has 0 amide bonds. The van der Waals surface area contributed by atoms with Crippen LogP contribution >= 0.6 is 0 Å². The van der Waals surface area contributed by atoms with Crippen LogP contribution in [0.2, 0.25) is 0 Å². The van der Waals surface area contributed by atoms with Gasteiger partial charge in [-0.2, -0.15) is 13.2 Å². The van der Waals surface area contributed by atoms with Crippen molar-refractivity contribution in [3.63, 3.8) is 0 Å². The average Bonchev–Trinajstić information content (AvgIpc) is 2.34. The van der Waals surface area contributed by atoms with Crippen LogP contribution in [0.5, 0.6) is 0 Å². The van der Waals surface area contributed by atoms with Gasteiger partial charge in [-0.3, -0.25) is 0 Å². The van der Waals surface area contributed by atoms with E-state index in [1.54, 1.807) is 0 Å². The van der Waals surface area contributed by atoms with Crippen LogP contribution < -0.4 is 16.6 Å². The molecule has 0 aliphatic rings. The van der Waals surface area contributed by atoms with Crippen molar-refractivity contribution in [2.75, 3.05) is 17.3 Å². The zero-order valence-electron chi connectivity index (χ0n) is 10.5. The van der Waals surface area contributed by atoms with E-state index in [1.807, 2.05) is 19.3 Å². The van der Waals surface area contributed by atoms with Crippen LogP contribution in [0, 0.1) is 5.92 Å². The molecule has 1 unspecified atom stereocenters. The molecule has 1 aromatic rings. The van der Waals surface area contributed by atoms with E-state index in [2.05, 4.69) is 15.3 Å². The first-order valence-electron chi connectivity index (χ1n) is 5.58. The molecule has 1 heterocycles. The molecule has 1 rings (SSSR count). The lowest BCUT2D eigenvalue weighted by molar-refractivity contribution is -0.144. The Labute approximate surface area is 108 Å². The summed E-state index contributed by atoms with van der Waals surface area (Å²) >= 11 is 0. The number of anilines is 2. The summed E-state index contributed by atoms with van der Waals surface area (Å²) in [6.07, 6.45) is -4.67. The van der Waals surface area contributed by atoms with Gasteiger partial charge < -0.3 is 15.8 Å². The van der Waals surface area contributed by atoms with E-state index < -0.39 is 18.0 Å². The molecule has 1 aromatic heterocycles. The van der Waals surface area contributed by atoms with Crippen molar-refractivity contribution in [3.8, 4) is 0 Å². The van der Waals surface area contributed by atoms with Crippen molar-refractivity contribution in [1.29, 1.82) is 0 Å². The number of hydrogen-bond acceptors (Lipinski definition) is 6. The van der Waals surface area contributed by atoms with Crippen LogP contribution in [-0.2, 0) is 6.18 Å². The molecule has 0 saturated heterocycles. The summed E-state index contributed by atoms with van der Waals surface area (Å²) in [5.74, 6) is 3.57. The summed E-state index contributed by atoms with van der Waals surface area (Å²) < 4.78 is 37.8. The highest BCUT2D eigenvalue weighted by atomic mass is 19.4. The molecule has 6 nitrogen and oxygen atoms in total. The molecule has 0 radical (unpaired) electrons. The second kappa shape index (κ2) is 6.02. The number of nitrogens with zero attached hydrogens (tertiary/aromatic N) is 2. The van der Waals surface area contributed by atoms with Gasteiger partial charge in [0.1, 0.15) is 11.6 Å². The number of halogens is 3. The van der Waals surface area contributed by atoms with Crippen LogP contribution in [0.1, 0.15) is 19.7 Å². The Morgan fingerprint density at radius 3 is 2.32 bits per heavy atom. The first-order chi connectivity index (χ1) is 8.77. The van der Waals surface area contributed by atoms with Crippen LogP contribution in [0.25, 0.3) is 0 Å². The van der Waals surface area contributed by atoms with Crippen molar-refractivity contribution in [3.05, 3.63) is 11.9 Å². The number of nitrogen functional groups attached to an aromatic ring is 1. The summed E-state index contributed by atoms with van der Waals surface area (Å²) in [6, 6.07) is 0.821. The molecule has 19 heavy (non-hydrogen) atoms. The lowest BCUT2D eigenvalue weighted by atomic mass is 10.1. The number of hydrazine groups is 1. The molecule has 0 saturated carbocycles. The molecule has 108 valence electrons. The number of aliphatic hydroxyl groups excluding tert-OH is 1. The van der Waals surface area contributed by atoms with Gasteiger partial charge in [-0.15, -0.1) is 0 Å². The zero-order valence-corrected chi connectivity index (χ0v) is 10.5. The molecular formula is C10H16F3N5O. The monoisotopic (exact) mass is 279 g/mol. The van der Waals surface area contributed by atoms with E-state index in [4.69, 9.17) is 10.9 Å². The van der Waals surface area contributed by atoms with Gasteiger partial charge >= 0.3 is 6.18 Å². The van der Waals surface area contributed by atoms with E-state index in [0.29, 0.717) is 0 Å². The Balaban J connectivity index is 3.07. The van der Waals surface area contributed by atoms with Crippen LogP contribution in [0.4, 0.5) is 24.8 Å². The first kappa shape index (κ1) is 15.4. The quantitative estimate of drug-likeness (QED) is 0.478. The van der Waals surface area contributed by atoms with Gasteiger partial charge in [0, 0.05) is 6.07 Å². The van der Waals surface area contributed by atoms with Gasteiger partial charge in [0.05, 0.1) is 12.6 Å². The fraction of sp³-hybridized carbons (Fsp3) is 0.600. The molecule has 0 aliphatic carbocycles. The SMILES string of the molecule is CC(C)C(CO)Nc1cc(NN)nc(C(F)(F)F)n1. The molecule has 0 bridgehead atoms. The third kappa shape index (κ3) is 4.21. The predicted molar refractivity (Wildman–Crippen MR) is 64.2 cm³/mol. The Morgan fingerprint density at radius 1 is 1.32 bits per heavy atom. The van der Waals surface area contributed by atoms with E-state index in [1.165, 1.54) is 6.07 Å². The van der Waals surface area contributed by atoms with Crippen molar-refractivity contribution < 1.29 is 18.3 Å². The molecule has 1 atom stereocenters. The van der Waals surface area contributed by atoms with Gasteiger partial charge in [-0.25, -0.2) is 15.8 Å². The molecule has 0 spiro atoms. The van der Waals surface area contributed by atoms with Crippen LogP contribution in [0.15, 0.2) is 6.07 Å². The Hall–Kier alpha value is -1.61. The summed E-state index contributed by atoms with van der Waals surface area (Å²) in [5.41, 5.74) is 2.05. The molecule has 0 aromatic carbocycles. The largest absolute Gasteiger partial charge is 0.451 e. The highest BCUT2D eigenvalue weighted by Gasteiger charge is 2.35. The predicted octanol–water partition coefficient (Wildman–Crippen LogP) is 1.21. The van der Waals surface area contributed by atoms with Crippen molar-refractivity contribution in [1.82, 2.24) is 9.97 Å². The van der Waals surface area contributed by atoms with Gasteiger partial charge in [0.2, 0.25) is 5.82 Å². The lowest BCUT2D eigenvalue weighted by Crippen LogP contribution is -2.30. The third-order valence-electron chi connectivity index (χ3n) is 2.46. The maximum atomic E-state index is 12.6. The first-order valence-corrected chi connectivity index (χ1v) is 5.58. The van der Waals surface area contributed by atoms with Gasteiger partial charge in [-0.1, -0.05) is 13.8 Å². The highest BCUT2D eigenvalue weighted by Crippen LogP contribution is 2.28. The summed E-state index contributed by atoms with van der Waals surface area (Å²) in [6.45, 7) is 3.41. The standard InChI is InChI=1S/C10H16F3N5O/c1-5(2)6(4-19)15-7-3-8(18-14)17-9(16-7)10(11,12)13/h3,5-6,19H,4,14H2,1-2H3,(H2,15,16,17,18). The third-order valence-corrected chi connectivity index (χ3v) is 2.46. The summed E-state index contributed by atoms with van der Waals surface area (Å²) in [5, 5.41) is 11.9. The maximum absolute atomic E-state index is 12.6. The van der Waals surface area contributed by atoms with E-state index >= 15 is 0 Å². The Bertz CT molecular complexity index is 424. The molecule has 0 fully saturated rings. The number of aromatic nitrogens is 2. The lowest BCUT2D eigenvalue weighted by Gasteiger charge is -2.21. The average molecular weight is 279 g/mol. The fourth-order valence-corrected chi connectivity index (χ4v) is 1.33. The van der Waals surface area contributed by atoms with Crippen molar-refractivity contribution in [2.24, 2.45) is 11.8 Å². The van der Waals surface area contributed by atoms with Gasteiger partial charge in [0.25, 0.3) is 0 Å². The maximum Gasteiger partial charge on any atom is 0.451 e. The number of rotatable bonds is 5. The Kier molecular flexibility index (Phi) is 4.90. The highest BCUT2D eigenvalue weighted by molar-refractivity contribution is 5.47. The number of nitrogens with two attached hydrogens (primary N) is 1.